The lowest BCUT2D eigenvalue weighted by Gasteiger charge is -2.45. The third-order valence-corrected chi connectivity index (χ3v) is 5.34. The number of aliphatic hydroxyl groups is 1. The van der Waals surface area contributed by atoms with E-state index in [1.165, 1.54) is 19.3 Å². The first-order valence-electron chi connectivity index (χ1n) is 8.81. The number of hydrogen-bond donors (Lipinski definition) is 2. The first-order chi connectivity index (χ1) is 10.2. The lowest BCUT2D eigenvalue weighted by molar-refractivity contribution is -0.0435. The van der Waals surface area contributed by atoms with Crippen molar-refractivity contribution in [1.29, 1.82) is 0 Å². The van der Waals surface area contributed by atoms with Gasteiger partial charge in [-0.1, -0.05) is 20.8 Å². The van der Waals surface area contributed by atoms with E-state index in [-0.39, 0.29) is 12.6 Å². The van der Waals surface area contributed by atoms with Crippen LogP contribution in [0.2, 0.25) is 0 Å². The van der Waals surface area contributed by atoms with Gasteiger partial charge in [-0.2, -0.15) is 0 Å². The second kappa shape index (κ2) is 8.47. The summed E-state index contributed by atoms with van der Waals surface area (Å²) in [5.41, 5.74) is 0. The van der Waals surface area contributed by atoms with Gasteiger partial charge in [-0.25, -0.2) is 0 Å². The molecule has 0 bridgehead atoms. The van der Waals surface area contributed by atoms with E-state index >= 15 is 0 Å². The Kier molecular flexibility index (Phi) is 6.93. The summed E-state index contributed by atoms with van der Waals surface area (Å²) in [6.45, 7) is 11.9. The van der Waals surface area contributed by atoms with Crippen molar-refractivity contribution in [1.82, 2.24) is 10.2 Å². The highest BCUT2D eigenvalue weighted by Gasteiger charge is 2.36. The van der Waals surface area contributed by atoms with Crippen molar-refractivity contribution in [2.24, 2.45) is 17.8 Å². The number of ether oxygens (including phenoxy) is 1. The van der Waals surface area contributed by atoms with Gasteiger partial charge in [0.2, 0.25) is 0 Å². The van der Waals surface area contributed by atoms with Crippen molar-refractivity contribution in [3.8, 4) is 0 Å². The molecular formula is C17H34N2O2. The average molecular weight is 298 g/mol. The lowest BCUT2D eigenvalue weighted by atomic mass is 9.72. The third-order valence-electron chi connectivity index (χ3n) is 5.34. The maximum atomic E-state index is 9.57. The molecule has 1 aliphatic heterocycles. The Balaban J connectivity index is 1.98. The number of hydrogen-bond acceptors (Lipinski definition) is 4. The molecule has 0 aromatic heterocycles. The number of morpholine rings is 1. The highest BCUT2D eigenvalue weighted by molar-refractivity contribution is 4.90. The van der Waals surface area contributed by atoms with Gasteiger partial charge >= 0.3 is 0 Å². The number of aliphatic hydroxyl groups excluding tert-OH is 1. The van der Waals surface area contributed by atoms with Crippen LogP contribution in [0.3, 0.4) is 0 Å². The molecule has 124 valence electrons. The minimum Gasteiger partial charge on any atom is -0.395 e. The van der Waals surface area contributed by atoms with E-state index in [2.05, 4.69) is 31.0 Å². The molecule has 2 aliphatic rings. The Labute approximate surface area is 130 Å². The maximum absolute atomic E-state index is 9.57. The van der Waals surface area contributed by atoms with Crippen LogP contribution in [0.5, 0.6) is 0 Å². The van der Waals surface area contributed by atoms with Crippen molar-refractivity contribution in [2.45, 2.75) is 52.1 Å². The van der Waals surface area contributed by atoms with Gasteiger partial charge in [0.25, 0.3) is 0 Å². The molecule has 0 aromatic rings. The van der Waals surface area contributed by atoms with Gasteiger partial charge in [-0.05, 0) is 43.6 Å². The molecule has 0 radical (unpaired) electrons. The third kappa shape index (κ3) is 4.65. The summed E-state index contributed by atoms with van der Waals surface area (Å²) < 4.78 is 5.51. The van der Waals surface area contributed by atoms with Gasteiger partial charge in [-0.15, -0.1) is 0 Å². The Hall–Kier alpha value is -0.160. The Bertz CT molecular complexity index is 301. The van der Waals surface area contributed by atoms with E-state index in [0.29, 0.717) is 18.6 Å². The second-order valence-corrected chi connectivity index (χ2v) is 7.18. The molecule has 4 heteroatoms. The van der Waals surface area contributed by atoms with Crippen LogP contribution in [0.1, 0.15) is 40.0 Å². The van der Waals surface area contributed by atoms with Crippen molar-refractivity contribution in [3.63, 3.8) is 0 Å². The lowest BCUT2D eigenvalue weighted by Crippen LogP contribution is -2.54. The summed E-state index contributed by atoms with van der Waals surface area (Å²) >= 11 is 0. The van der Waals surface area contributed by atoms with E-state index in [1.807, 2.05) is 0 Å². The van der Waals surface area contributed by atoms with Crippen molar-refractivity contribution in [3.05, 3.63) is 0 Å². The fourth-order valence-corrected chi connectivity index (χ4v) is 4.15. The highest BCUT2D eigenvalue weighted by atomic mass is 16.5. The molecule has 1 heterocycles. The zero-order valence-corrected chi connectivity index (χ0v) is 14.1. The summed E-state index contributed by atoms with van der Waals surface area (Å²) in [5.74, 6) is 2.27. The molecule has 2 rings (SSSR count). The molecular weight excluding hydrogens is 264 g/mol. The first kappa shape index (κ1) is 17.2. The summed E-state index contributed by atoms with van der Waals surface area (Å²) in [7, 11) is 0. The van der Waals surface area contributed by atoms with Crippen LogP contribution in [-0.4, -0.2) is 61.5 Å². The molecule has 5 atom stereocenters. The minimum atomic E-state index is 0.192. The van der Waals surface area contributed by atoms with Gasteiger partial charge in [0.1, 0.15) is 0 Å². The van der Waals surface area contributed by atoms with Gasteiger partial charge in [0, 0.05) is 19.1 Å². The second-order valence-electron chi connectivity index (χ2n) is 7.18. The van der Waals surface area contributed by atoms with Crippen LogP contribution in [-0.2, 0) is 4.74 Å². The zero-order valence-electron chi connectivity index (χ0n) is 14.1. The predicted octanol–water partition coefficient (Wildman–Crippen LogP) is 1.73. The average Bonchev–Trinajstić information content (AvgIpc) is 2.48. The standard InChI is InChI=1S/C17H34N2O2/c1-4-5-18-17-9-13(2)8-14(3)16(17)10-19-6-7-21-12-15(19)11-20/h13-18,20H,4-12H2,1-3H3. The van der Waals surface area contributed by atoms with E-state index in [9.17, 15) is 5.11 Å². The summed E-state index contributed by atoms with van der Waals surface area (Å²) in [6, 6.07) is 0.822. The fraction of sp³-hybridized carbons (Fsp3) is 1.00. The Morgan fingerprint density at radius 3 is 2.81 bits per heavy atom. The largest absolute Gasteiger partial charge is 0.395 e. The van der Waals surface area contributed by atoms with Crippen LogP contribution in [0.25, 0.3) is 0 Å². The molecule has 1 aliphatic carbocycles. The van der Waals surface area contributed by atoms with E-state index in [1.54, 1.807) is 0 Å². The van der Waals surface area contributed by atoms with E-state index < -0.39 is 0 Å². The minimum absolute atomic E-state index is 0.192. The van der Waals surface area contributed by atoms with Gasteiger partial charge in [0.05, 0.1) is 25.9 Å². The predicted molar refractivity (Wildman–Crippen MR) is 86.4 cm³/mol. The normalized spacial score (nSPS) is 38.6. The van der Waals surface area contributed by atoms with Crippen molar-refractivity contribution >= 4 is 0 Å². The van der Waals surface area contributed by atoms with E-state index in [4.69, 9.17) is 4.74 Å². The molecule has 5 unspecified atom stereocenters. The topological polar surface area (TPSA) is 44.7 Å². The smallest absolute Gasteiger partial charge is 0.0644 e. The van der Waals surface area contributed by atoms with Gasteiger partial charge < -0.3 is 15.2 Å². The van der Waals surface area contributed by atoms with Crippen LogP contribution in [0.4, 0.5) is 0 Å². The Morgan fingerprint density at radius 1 is 1.29 bits per heavy atom. The molecule has 0 spiro atoms. The molecule has 2 N–H and O–H groups in total. The first-order valence-corrected chi connectivity index (χ1v) is 8.81. The summed E-state index contributed by atoms with van der Waals surface area (Å²) in [6.07, 6.45) is 3.83. The molecule has 2 fully saturated rings. The zero-order chi connectivity index (χ0) is 15.2. The quantitative estimate of drug-likeness (QED) is 0.784. The molecule has 4 nitrogen and oxygen atoms in total. The van der Waals surface area contributed by atoms with Gasteiger partial charge in [0.15, 0.2) is 0 Å². The summed E-state index contributed by atoms with van der Waals surface area (Å²) in [4.78, 5) is 2.46. The molecule has 1 saturated heterocycles. The van der Waals surface area contributed by atoms with Crippen molar-refractivity contribution in [2.75, 3.05) is 39.5 Å². The SMILES string of the molecule is CCCNC1CC(C)CC(C)C1CN1CCOCC1CO. The molecule has 1 saturated carbocycles. The van der Waals surface area contributed by atoms with Crippen molar-refractivity contribution < 1.29 is 9.84 Å². The number of nitrogens with zero attached hydrogens (tertiary/aromatic N) is 1. The summed E-state index contributed by atoms with van der Waals surface area (Å²) in [5, 5.41) is 13.4. The molecule has 0 aromatic carbocycles. The number of rotatable bonds is 6. The Morgan fingerprint density at radius 2 is 2.10 bits per heavy atom. The van der Waals surface area contributed by atoms with Crippen LogP contribution >= 0.6 is 0 Å². The van der Waals surface area contributed by atoms with Crippen LogP contribution in [0.15, 0.2) is 0 Å². The molecule has 21 heavy (non-hydrogen) atoms. The highest BCUT2D eigenvalue weighted by Crippen LogP contribution is 2.34. The van der Waals surface area contributed by atoms with Crippen LogP contribution in [0, 0.1) is 17.8 Å². The van der Waals surface area contributed by atoms with E-state index in [0.717, 1.165) is 38.1 Å². The fourth-order valence-electron chi connectivity index (χ4n) is 4.15. The monoisotopic (exact) mass is 298 g/mol. The maximum Gasteiger partial charge on any atom is 0.0644 e. The molecule has 0 amide bonds. The van der Waals surface area contributed by atoms with Crippen LogP contribution < -0.4 is 5.32 Å². The van der Waals surface area contributed by atoms with Gasteiger partial charge in [-0.3, -0.25) is 4.90 Å². The number of nitrogens with one attached hydrogen (secondary N) is 1.